The number of nitrogen functional groups attached to an aromatic ring is 1. The van der Waals surface area contributed by atoms with Crippen LogP contribution in [0.3, 0.4) is 0 Å². The number of halogens is 1. The second-order valence-corrected chi connectivity index (χ2v) is 4.81. The Hall–Kier alpha value is -1.82. The van der Waals surface area contributed by atoms with Gasteiger partial charge in [0.05, 0.1) is 16.8 Å². The van der Waals surface area contributed by atoms with Crippen LogP contribution in [0.4, 0.5) is 5.82 Å². The Kier molecular flexibility index (Phi) is 3.90. The number of hydrogen-bond donors (Lipinski definition) is 1. The highest BCUT2D eigenvalue weighted by molar-refractivity contribution is 9.10. The summed E-state index contributed by atoms with van der Waals surface area (Å²) in [7, 11) is 0. The number of aromatic nitrogens is 2. The predicted molar refractivity (Wildman–Crippen MR) is 76.4 cm³/mol. The SMILES string of the molecule is CCOC(=O)c1nn(-c2ccc(C)cc2)c(N)c1Br. The van der Waals surface area contributed by atoms with Crippen molar-refractivity contribution in [1.82, 2.24) is 9.78 Å². The molecule has 1 aromatic heterocycles. The molecule has 0 saturated heterocycles. The van der Waals surface area contributed by atoms with E-state index in [1.54, 1.807) is 6.92 Å². The summed E-state index contributed by atoms with van der Waals surface area (Å²) in [5, 5.41) is 4.20. The van der Waals surface area contributed by atoms with Crippen molar-refractivity contribution in [2.75, 3.05) is 12.3 Å². The van der Waals surface area contributed by atoms with Crippen molar-refractivity contribution in [2.24, 2.45) is 0 Å². The van der Waals surface area contributed by atoms with E-state index >= 15 is 0 Å². The molecule has 0 saturated carbocycles. The number of aryl methyl sites for hydroxylation is 1. The molecule has 0 bridgehead atoms. The first-order valence-electron chi connectivity index (χ1n) is 5.82. The first kappa shape index (κ1) is 13.6. The van der Waals surface area contributed by atoms with Crippen molar-refractivity contribution in [3.63, 3.8) is 0 Å². The van der Waals surface area contributed by atoms with Crippen LogP contribution < -0.4 is 5.73 Å². The molecule has 1 heterocycles. The van der Waals surface area contributed by atoms with Crippen LogP contribution in [-0.2, 0) is 4.74 Å². The Morgan fingerprint density at radius 1 is 1.42 bits per heavy atom. The van der Waals surface area contributed by atoms with Crippen LogP contribution in [0.1, 0.15) is 23.0 Å². The van der Waals surface area contributed by atoms with Crippen LogP contribution in [0.25, 0.3) is 5.69 Å². The summed E-state index contributed by atoms with van der Waals surface area (Å²) in [6.07, 6.45) is 0. The van der Waals surface area contributed by atoms with E-state index in [1.807, 2.05) is 31.2 Å². The average Bonchev–Trinajstić information content (AvgIpc) is 2.68. The lowest BCUT2D eigenvalue weighted by Crippen LogP contribution is -2.07. The van der Waals surface area contributed by atoms with Gasteiger partial charge >= 0.3 is 5.97 Å². The lowest BCUT2D eigenvalue weighted by atomic mass is 10.2. The summed E-state index contributed by atoms with van der Waals surface area (Å²) in [6.45, 7) is 4.03. The van der Waals surface area contributed by atoms with Crippen LogP contribution >= 0.6 is 15.9 Å². The smallest absolute Gasteiger partial charge is 0.360 e. The zero-order valence-electron chi connectivity index (χ0n) is 10.7. The number of ether oxygens (including phenoxy) is 1. The molecule has 0 atom stereocenters. The molecule has 0 spiro atoms. The zero-order valence-corrected chi connectivity index (χ0v) is 12.3. The number of nitrogens with zero attached hydrogens (tertiary/aromatic N) is 2. The van der Waals surface area contributed by atoms with E-state index in [0.717, 1.165) is 11.3 Å². The summed E-state index contributed by atoms with van der Waals surface area (Å²) >= 11 is 3.27. The average molecular weight is 324 g/mol. The molecule has 100 valence electrons. The van der Waals surface area contributed by atoms with Crippen molar-refractivity contribution >= 4 is 27.7 Å². The molecule has 1 aromatic carbocycles. The highest BCUT2D eigenvalue weighted by Crippen LogP contribution is 2.27. The van der Waals surface area contributed by atoms with Crippen LogP contribution in [0.5, 0.6) is 0 Å². The number of anilines is 1. The van der Waals surface area contributed by atoms with Crippen LogP contribution in [0.2, 0.25) is 0 Å². The third-order valence-corrected chi connectivity index (χ3v) is 3.39. The first-order chi connectivity index (χ1) is 9.04. The molecule has 0 aliphatic carbocycles. The molecule has 19 heavy (non-hydrogen) atoms. The third-order valence-electron chi connectivity index (χ3n) is 2.61. The van der Waals surface area contributed by atoms with Gasteiger partial charge in [0.1, 0.15) is 5.82 Å². The van der Waals surface area contributed by atoms with E-state index in [9.17, 15) is 4.79 Å². The Bertz CT molecular complexity index is 605. The summed E-state index contributed by atoms with van der Waals surface area (Å²) in [5.41, 5.74) is 8.06. The van der Waals surface area contributed by atoms with Crippen molar-refractivity contribution in [2.45, 2.75) is 13.8 Å². The van der Waals surface area contributed by atoms with Crippen molar-refractivity contribution in [1.29, 1.82) is 0 Å². The molecule has 0 aliphatic heterocycles. The molecule has 2 aromatic rings. The minimum absolute atomic E-state index is 0.180. The minimum Gasteiger partial charge on any atom is -0.461 e. The van der Waals surface area contributed by atoms with Crippen LogP contribution in [0, 0.1) is 6.92 Å². The van der Waals surface area contributed by atoms with Gasteiger partial charge in [0, 0.05) is 0 Å². The fourth-order valence-electron chi connectivity index (χ4n) is 1.62. The van der Waals surface area contributed by atoms with Gasteiger partial charge in [-0.1, -0.05) is 17.7 Å². The number of benzene rings is 1. The van der Waals surface area contributed by atoms with E-state index in [-0.39, 0.29) is 5.69 Å². The number of carbonyl (C=O) groups is 1. The number of carbonyl (C=O) groups excluding carboxylic acids is 1. The largest absolute Gasteiger partial charge is 0.461 e. The van der Waals surface area contributed by atoms with Gasteiger partial charge in [0.2, 0.25) is 0 Å². The molecule has 5 nitrogen and oxygen atoms in total. The lowest BCUT2D eigenvalue weighted by Gasteiger charge is -2.03. The van der Waals surface area contributed by atoms with E-state index in [0.29, 0.717) is 16.9 Å². The third kappa shape index (κ3) is 2.63. The molecule has 0 aliphatic rings. The van der Waals surface area contributed by atoms with Crippen molar-refractivity contribution in [3.05, 3.63) is 40.0 Å². The van der Waals surface area contributed by atoms with Crippen LogP contribution in [-0.4, -0.2) is 22.4 Å². The lowest BCUT2D eigenvalue weighted by molar-refractivity contribution is 0.0518. The maximum Gasteiger partial charge on any atom is 0.360 e. The van der Waals surface area contributed by atoms with Crippen LogP contribution in [0.15, 0.2) is 28.7 Å². The fraction of sp³-hybridized carbons (Fsp3) is 0.231. The van der Waals surface area contributed by atoms with Gasteiger partial charge in [-0.3, -0.25) is 0 Å². The summed E-state index contributed by atoms with van der Waals surface area (Å²) in [6, 6.07) is 7.68. The van der Waals surface area contributed by atoms with Gasteiger partial charge < -0.3 is 10.5 Å². The van der Waals surface area contributed by atoms with Gasteiger partial charge in [-0.2, -0.15) is 5.10 Å². The Morgan fingerprint density at radius 2 is 2.05 bits per heavy atom. The Morgan fingerprint density at radius 3 is 2.63 bits per heavy atom. The normalized spacial score (nSPS) is 10.5. The van der Waals surface area contributed by atoms with Gasteiger partial charge in [0.15, 0.2) is 5.69 Å². The molecule has 2 rings (SSSR count). The predicted octanol–water partition coefficient (Wildman–Crippen LogP) is 2.70. The highest BCUT2D eigenvalue weighted by Gasteiger charge is 2.21. The van der Waals surface area contributed by atoms with E-state index in [2.05, 4.69) is 21.0 Å². The molecule has 0 amide bonds. The molecular formula is C13H14BrN3O2. The Balaban J connectivity index is 2.45. The van der Waals surface area contributed by atoms with E-state index < -0.39 is 5.97 Å². The van der Waals surface area contributed by atoms with Crippen molar-refractivity contribution < 1.29 is 9.53 Å². The Labute approximate surface area is 119 Å². The standard InChI is InChI=1S/C13H14BrN3O2/c1-3-19-13(18)11-10(14)12(15)17(16-11)9-6-4-8(2)5-7-9/h4-7H,3,15H2,1-2H3. The fourth-order valence-corrected chi connectivity index (χ4v) is 2.03. The van der Waals surface area contributed by atoms with Gasteiger partial charge in [0.25, 0.3) is 0 Å². The molecule has 0 unspecified atom stereocenters. The molecule has 0 radical (unpaired) electrons. The maximum absolute atomic E-state index is 11.7. The monoisotopic (exact) mass is 323 g/mol. The minimum atomic E-state index is -0.494. The number of nitrogens with two attached hydrogens (primary N) is 1. The van der Waals surface area contributed by atoms with E-state index in [1.165, 1.54) is 4.68 Å². The highest BCUT2D eigenvalue weighted by atomic mass is 79.9. The molecular weight excluding hydrogens is 310 g/mol. The number of hydrogen-bond acceptors (Lipinski definition) is 4. The zero-order chi connectivity index (χ0) is 14.0. The second kappa shape index (κ2) is 5.44. The second-order valence-electron chi connectivity index (χ2n) is 4.02. The molecule has 0 fully saturated rings. The first-order valence-corrected chi connectivity index (χ1v) is 6.62. The van der Waals surface area contributed by atoms with Gasteiger partial charge in [-0.05, 0) is 41.9 Å². The van der Waals surface area contributed by atoms with E-state index in [4.69, 9.17) is 10.5 Å². The number of esters is 1. The molecule has 2 N–H and O–H groups in total. The molecule has 6 heteroatoms. The van der Waals surface area contributed by atoms with Crippen molar-refractivity contribution in [3.8, 4) is 5.69 Å². The summed E-state index contributed by atoms with van der Waals surface area (Å²) < 4.78 is 6.89. The maximum atomic E-state index is 11.7. The van der Waals surface area contributed by atoms with Gasteiger partial charge in [-0.25, -0.2) is 9.48 Å². The summed E-state index contributed by atoms with van der Waals surface area (Å²) in [5.74, 6) is -0.126. The number of rotatable bonds is 3. The van der Waals surface area contributed by atoms with Gasteiger partial charge in [-0.15, -0.1) is 0 Å². The summed E-state index contributed by atoms with van der Waals surface area (Å²) in [4.78, 5) is 11.7. The topological polar surface area (TPSA) is 70.1 Å². The quantitative estimate of drug-likeness (QED) is 0.881.